The standard InChI is InChI=1S/C23H25F2N7O3/c1-23(24,25)18-12-15(6-7-26-18)21(33)30-17-14-28-31-20(17)22(34)29-16-4-5-19(27-13-16)35-11-10-32-8-2-3-9-32/h4-7,12-14H,2-3,8-11H2,1H3,(H,28,31)(H,29,34)(H,30,33). The highest BCUT2D eigenvalue weighted by atomic mass is 19.3. The molecule has 0 spiro atoms. The summed E-state index contributed by atoms with van der Waals surface area (Å²) in [6.07, 6.45) is 6.33. The molecule has 4 heterocycles. The molecule has 0 unspecified atom stereocenters. The van der Waals surface area contributed by atoms with Crippen LogP contribution in [0.1, 0.15) is 46.3 Å². The molecule has 1 fully saturated rings. The van der Waals surface area contributed by atoms with Crippen LogP contribution in [0.3, 0.4) is 0 Å². The minimum atomic E-state index is -3.19. The third-order valence-corrected chi connectivity index (χ3v) is 5.43. The zero-order chi connectivity index (χ0) is 24.8. The largest absolute Gasteiger partial charge is 0.476 e. The molecule has 1 saturated heterocycles. The maximum atomic E-state index is 13.5. The summed E-state index contributed by atoms with van der Waals surface area (Å²) < 4.78 is 32.7. The van der Waals surface area contributed by atoms with E-state index in [1.54, 1.807) is 12.1 Å². The number of nitrogens with one attached hydrogen (secondary N) is 3. The molecule has 184 valence electrons. The van der Waals surface area contributed by atoms with E-state index in [0.717, 1.165) is 31.9 Å². The van der Waals surface area contributed by atoms with Gasteiger partial charge >= 0.3 is 0 Å². The van der Waals surface area contributed by atoms with Gasteiger partial charge in [0.15, 0.2) is 5.69 Å². The molecule has 3 N–H and O–H groups in total. The summed E-state index contributed by atoms with van der Waals surface area (Å²) in [6.45, 7) is 4.25. The first-order valence-electron chi connectivity index (χ1n) is 11.1. The van der Waals surface area contributed by atoms with Crippen molar-refractivity contribution in [3.63, 3.8) is 0 Å². The van der Waals surface area contributed by atoms with Crippen molar-refractivity contribution in [3.05, 3.63) is 59.8 Å². The van der Waals surface area contributed by atoms with Gasteiger partial charge in [-0.2, -0.15) is 13.9 Å². The van der Waals surface area contributed by atoms with Crippen molar-refractivity contribution in [3.8, 4) is 5.88 Å². The van der Waals surface area contributed by atoms with Crippen LogP contribution in [0.2, 0.25) is 0 Å². The summed E-state index contributed by atoms with van der Waals surface area (Å²) in [4.78, 5) is 35.4. The minimum absolute atomic E-state index is 0.0337. The maximum Gasteiger partial charge on any atom is 0.286 e. The van der Waals surface area contributed by atoms with Crippen molar-refractivity contribution in [1.29, 1.82) is 0 Å². The van der Waals surface area contributed by atoms with Crippen LogP contribution in [-0.2, 0) is 5.92 Å². The second kappa shape index (κ2) is 10.6. The molecule has 12 heteroatoms. The Bertz CT molecular complexity index is 1170. The highest BCUT2D eigenvalue weighted by molar-refractivity contribution is 6.11. The first kappa shape index (κ1) is 24.2. The van der Waals surface area contributed by atoms with Crippen molar-refractivity contribution >= 4 is 23.2 Å². The van der Waals surface area contributed by atoms with Gasteiger partial charge in [-0.25, -0.2) is 4.98 Å². The number of anilines is 2. The summed E-state index contributed by atoms with van der Waals surface area (Å²) in [5, 5.41) is 11.5. The van der Waals surface area contributed by atoms with Crippen LogP contribution in [0.25, 0.3) is 0 Å². The summed E-state index contributed by atoms with van der Waals surface area (Å²) in [7, 11) is 0. The highest BCUT2D eigenvalue weighted by Gasteiger charge is 2.27. The van der Waals surface area contributed by atoms with Gasteiger partial charge < -0.3 is 15.4 Å². The van der Waals surface area contributed by atoms with E-state index in [4.69, 9.17) is 4.74 Å². The van der Waals surface area contributed by atoms with Crippen LogP contribution >= 0.6 is 0 Å². The summed E-state index contributed by atoms with van der Waals surface area (Å²) >= 11 is 0. The fourth-order valence-electron chi connectivity index (χ4n) is 3.58. The number of ether oxygens (including phenoxy) is 1. The van der Waals surface area contributed by atoms with E-state index < -0.39 is 23.4 Å². The third-order valence-electron chi connectivity index (χ3n) is 5.43. The molecule has 3 aromatic rings. The van der Waals surface area contributed by atoms with Crippen LogP contribution in [0, 0.1) is 0 Å². The molecule has 0 atom stereocenters. The number of nitrogens with zero attached hydrogens (tertiary/aromatic N) is 4. The number of hydrogen-bond donors (Lipinski definition) is 3. The number of halogens is 2. The van der Waals surface area contributed by atoms with E-state index in [-0.39, 0.29) is 16.9 Å². The molecule has 0 aromatic carbocycles. The van der Waals surface area contributed by atoms with Crippen LogP contribution in [0.15, 0.2) is 42.9 Å². The lowest BCUT2D eigenvalue weighted by Gasteiger charge is -2.14. The highest BCUT2D eigenvalue weighted by Crippen LogP contribution is 2.25. The zero-order valence-corrected chi connectivity index (χ0v) is 19.1. The van der Waals surface area contributed by atoms with E-state index in [9.17, 15) is 18.4 Å². The molecule has 1 aliphatic heterocycles. The molecule has 35 heavy (non-hydrogen) atoms. The van der Waals surface area contributed by atoms with Gasteiger partial charge in [-0.1, -0.05) is 0 Å². The van der Waals surface area contributed by atoms with Crippen molar-refractivity contribution in [2.24, 2.45) is 0 Å². The molecule has 0 saturated carbocycles. The molecule has 10 nitrogen and oxygen atoms in total. The molecule has 0 aliphatic carbocycles. The summed E-state index contributed by atoms with van der Waals surface area (Å²) in [5.41, 5.74) is -0.158. The van der Waals surface area contributed by atoms with E-state index >= 15 is 0 Å². The predicted octanol–water partition coefficient (Wildman–Crippen LogP) is 3.29. The van der Waals surface area contributed by atoms with Crippen molar-refractivity contribution in [1.82, 2.24) is 25.1 Å². The molecular formula is C23H25F2N7O3. The predicted molar refractivity (Wildman–Crippen MR) is 124 cm³/mol. The Labute approximate surface area is 200 Å². The normalized spacial score (nSPS) is 14.0. The number of rotatable bonds is 9. The van der Waals surface area contributed by atoms with Crippen molar-refractivity contribution in [2.45, 2.75) is 25.7 Å². The Morgan fingerprint density at radius 1 is 1.14 bits per heavy atom. The number of pyridine rings is 2. The third kappa shape index (κ3) is 6.35. The molecule has 1 aliphatic rings. The average molecular weight is 485 g/mol. The molecule has 4 rings (SSSR count). The second-order valence-electron chi connectivity index (χ2n) is 8.16. The van der Waals surface area contributed by atoms with Gasteiger partial charge in [-0.3, -0.25) is 24.6 Å². The first-order chi connectivity index (χ1) is 16.8. The van der Waals surface area contributed by atoms with Gasteiger partial charge in [0.25, 0.3) is 17.7 Å². The fraction of sp³-hybridized carbons (Fsp3) is 0.348. The molecule has 0 radical (unpaired) electrons. The molecule has 0 bridgehead atoms. The van der Waals surface area contributed by atoms with Crippen molar-refractivity contribution in [2.75, 3.05) is 36.9 Å². The monoisotopic (exact) mass is 485 g/mol. The van der Waals surface area contributed by atoms with E-state index in [1.807, 2.05) is 0 Å². The lowest BCUT2D eigenvalue weighted by atomic mass is 10.1. The smallest absolute Gasteiger partial charge is 0.286 e. The Morgan fingerprint density at radius 3 is 2.66 bits per heavy atom. The quantitative estimate of drug-likeness (QED) is 0.425. The maximum absolute atomic E-state index is 13.5. The van der Waals surface area contributed by atoms with Crippen LogP contribution in [0.4, 0.5) is 20.2 Å². The van der Waals surface area contributed by atoms with Gasteiger partial charge in [0.05, 0.1) is 17.6 Å². The molecule has 3 aromatic heterocycles. The Kier molecular flexibility index (Phi) is 7.30. The Morgan fingerprint density at radius 2 is 1.94 bits per heavy atom. The summed E-state index contributed by atoms with van der Waals surface area (Å²) in [5.74, 6) is -4.03. The van der Waals surface area contributed by atoms with Gasteiger partial charge in [0.2, 0.25) is 5.88 Å². The minimum Gasteiger partial charge on any atom is -0.476 e. The summed E-state index contributed by atoms with van der Waals surface area (Å²) in [6, 6.07) is 5.59. The number of carbonyl (C=O) groups is 2. The number of likely N-dealkylation sites (tertiary alicyclic amines) is 1. The number of alkyl halides is 2. The topological polar surface area (TPSA) is 125 Å². The van der Waals surface area contributed by atoms with E-state index in [1.165, 1.54) is 31.3 Å². The molecular weight excluding hydrogens is 460 g/mol. The number of aromatic amines is 1. The lowest BCUT2D eigenvalue weighted by Crippen LogP contribution is -2.25. The fourth-order valence-corrected chi connectivity index (χ4v) is 3.58. The van der Waals surface area contributed by atoms with Crippen molar-refractivity contribution < 1.29 is 23.1 Å². The Balaban J connectivity index is 1.34. The van der Waals surface area contributed by atoms with E-state index in [0.29, 0.717) is 25.1 Å². The SMILES string of the molecule is CC(F)(F)c1cc(C(=O)Nc2c[nH]nc2C(=O)Nc2ccc(OCCN3CCCC3)nc2)ccn1. The second-order valence-corrected chi connectivity index (χ2v) is 8.16. The number of amides is 2. The number of H-pyrrole nitrogens is 1. The van der Waals surface area contributed by atoms with E-state index in [2.05, 4.69) is 35.7 Å². The zero-order valence-electron chi connectivity index (χ0n) is 19.1. The van der Waals surface area contributed by atoms with Gasteiger partial charge in [0, 0.05) is 37.5 Å². The van der Waals surface area contributed by atoms with Crippen LogP contribution < -0.4 is 15.4 Å². The van der Waals surface area contributed by atoms with Gasteiger partial charge in [-0.15, -0.1) is 0 Å². The number of hydrogen-bond acceptors (Lipinski definition) is 7. The number of carbonyl (C=O) groups excluding carboxylic acids is 2. The van der Waals surface area contributed by atoms with Crippen LogP contribution in [0.5, 0.6) is 5.88 Å². The van der Waals surface area contributed by atoms with Gasteiger partial charge in [0.1, 0.15) is 12.3 Å². The Hall–Kier alpha value is -3.93. The lowest BCUT2D eigenvalue weighted by molar-refractivity contribution is 0.0127. The van der Waals surface area contributed by atoms with Gasteiger partial charge in [-0.05, 0) is 44.1 Å². The average Bonchev–Trinajstić information content (AvgIpc) is 3.52. The van der Waals surface area contributed by atoms with Crippen LogP contribution in [-0.4, -0.2) is 63.1 Å². The molecule has 2 amide bonds. The first-order valence-corrected chi connectivity index (χ1v) is 11.1. The number of aromatic nitrogens is 4.